The van der Waals surface area contributed by atoms with Crippen LogP contribution in [0.1, 0.15) is 12.0 Å². The second-order valence-corrected chi connectivity index (χ2v) is 7.87. The lowest BCUT2D eigenvalue weighted by molar-refractivity contribution is 0.624. The van der Waals surface area contributed by atoms with E-state index >= 15 is 0 Å². The van der Waals surface area contributed by atoms with Gasteiger partial charge in [0.05, 0.1) is 6.33 Å². The van der Waals surface area contributed by atoms with Gasteiger partial charge in [-0.25, -0.2) is 4.98 Å². The summed E-state index contributed by atoms with van der Waals surface area (Å²) >= 11 is 13.9. The van der Waals surface area contributed by atoms with Crippen LogP contribution in [0.5, 0.6) is 0 Å². The second-order valence-electron chi connectivity index (χ2n) is 5.62. The minimum Gasteiger partial charge on any atom is -0.336 e. The van der Waals surface area contributed by atoms with Crippen LogP contribution in [0.4, 0.5) is 0 Å². The number of benzene rings is 2. The molecule has 5 heteroatoms. The Morgan fingerprint density at radius 2 is 1.88 bits per heavy atom. The predicted octanol–water partition coefficient (Wildman–Crippen LogP) is 5.98. The van der Waals surface area contributed by atoms with Crippen molar-refractivity contribution in [1.29, 1.82) is 0 Å². The molecule has 1 heterocycles. The number of rotatable bonds is 7. The monoisotopic (exact) mass is 376 g/mol. The Bertz CT molecular complexity index is 757. The molecule has 0 bridgehead atoms. The van der Waals surface area contributed by atoms with Crippen molar-refractivity contribution >= 4 is 35.0 Å². The van der Waals surface area contributed by atoms with E-state index in [4.69, 9.17) is 23.2 Å². The van der Waals surface area contributed by atoms with Gasteiger partial charge in [0.15, 0.2) is 0 Å². The van der Waals surface area contributed by atoms with Gasteiger partial charge >= 0.3 is 0 Å². The standard InChI is InChI=1S/C19H18Cl2N2S/c20-16-7-4-15(5-8-16)6-9-19(13-23-11-10-22-14-23)24-18-3-1-2-17(21)12-18/h1-5,7-8,10-12,14,19H,6,9,13H2. The molecule has 3 aromatic rings. The fraction of sp³-hybridized carbons (Fsp3) is 0.211. The number of aryl methyl sites for hydroxylation is 1. The van der Waals surface area contributed by atoms with Gasteiger partial charge in [-0.15, -0.1) is 11.8 Å². The summed E-state index contributed by atoms with van der Waals surface area (Å²) in [7, 11) is 0. The van der Waals surface area contributed by atoms with Gasteiger partial charge in [0.25, 0.3) is 0 Å². The van der Waals surface area contributed by atoms with Gasteiger partial charge in [-0.3, -0.25) is 0 Å². The largest absolute Gasteiger partial charge is 0.336 e. The van der Waals surface area contributed by atoms with Crippen molar-refractivity contribution in [2.45, 2.75) is 29.5 Å². The third kappa shape index (κ3) is 5.30. The summed E-state index contributed by atoms with van der Waals surface area (Å²) in [5.41, 5.74) is 1.31. The fourth-order valence-electron chi connectivity index (χ4n) is 2.53. The van der Waals surface area contributed by atoms with Crippen LogP contribution in [0.3, 0.4) is 0 Å². The van der Waals surface area contributed by atoms with Crippen LogP contribution < -0.4 is 0 Å². The summed E-state index contributed by atoms with van der Waals surface area (Å²) in [6.07, 6.45) is 7.78. The Labute approximate surface area is 156 Å². The van der Waals surface area contributed by atoms with Crippen LogP contribution >= 0.6 is 35.0 Å². The maximum Gasteiger partial charge on any atom is 0.0946 e. The van der Waals surface area contributed by atoms with E-state index in [0.717, 1.165) is 29.4 Å². The van der Waals surface area contributed by atoms with Crippen LogP contribution in [-0.2, 0) is 13.0 Å². The quantitative estimate of drug-likeness (QED) is 0.471. The molecule has 24 heavy (non-hydrogen) atoms. The summed E-state index contributed by atoms with van der Waals surface area (Å²) in [4.78, 5) is 5.34. The molecule has 0 saturated heterocycles. The highest BCUT2D eigenvalue weighted by Gasteiger charge is 2.12. The number of hydrogen-bond acceptors (Lipinski definition) is 2. The lowest BCUT2D eigenvalue weighted by Crippen LogP contribution is -2.13. The Hall–Kier alpha value is -1.42. The van der Waals surface area contributed by atoms with Crippen molar-refractivity contribution in [3.05, 3.63) is 82.9 Å². The van der Waals surface area contributed by atoms with Crippen molar-refractivity contribution in [1.82, 2.24) is 9.55 Å². The lowest BCUT2D eigenvalue weighted by Gasteiger charge is -2.17. The molecule has 1 unspecified atom stereocenters. The predicted molar refractivity (Wildman–Crippen MR) is 103 cm³/mol. The molecular formula is C19H18Cl2N2S. The van der Waals surface area contributed by atoms with Crippen molar-refractivity contribution in [3.63, 3.8) is 0 Å². The summed E-state index contributed by atoms with van der Waals surface area (Å²) < 4.78 is 2.13. The van der Waals surface area contributed by atoms with Gasteiger partial charge in [0, 0.05) is 39.1 Å². The lowest BCUT2D eigenvalue weighted by atomic mass is 10.1. The number of aromatic nitrogens is 2. The van der Waals surface area contributed by atoms with Gasteiger partial charge in [0.2, 0.25) is 0 Å². The van der Waals surface area contributed by atoms with Gasteiger partial charge in [-0.2, -0.15) is 0 Å². The summed E-state index contributed by atoms with van der Waals surface area (Å²) in [6.45, 7) is 0.921. The summed E-state index contributed by atoms with van der Waals surface area (Å²) in [6, 6.07) is 16.1. The highest BCUT2D eigenvalue weighted by Crippen LogP contribution is 2.29. The molecule has 2 nitrogen and oxygen atoms in total. The summed E-state index contributed by atoms with van der Waals surface area (Å²) in [5, 5.41) is 1.99. The SMILES string of the molecule is Clc1ccc(CCC(Cn2ccnc2)Sc2cccc(Cl)c2)cc1. The van der Waals surface area contributed by atoms with E-state index in [1.807, 2.05) is 60.8 Å². The average Bonchev–Trinajstić information content (AvgIpc) is 3.07. The zero-order valence-electron chi connectivity index (χ0n) is 13.1. The van der Waals surface area contributed by atoms with E-state index in [1.54, 1.807) is 0 Å². The third-order valence-electron chi connectivity index (χ3n) is 3.74. The van der Waals surface area contributed by atoms with Gasteiger partial charge in [-0.1, -0.05) is 41.4 Å². The first-order chi connectivity index (χ1) is 11.7. The molecular weight excluding hydrogens is 359 g/mol. The molecule has 0 fully saturated rings. The molecule has 0 aliphatic heterocycles. The molecule has 0 radical (unpaired) electrons. The molecule has 0 aliphatic rings. The second kappa shape index (κ2) is 8.61. The minimum absolute atomic E-state index is 0.438. The van der Waals surface area contributed by atoms with Gasteiger partial charge in [-0.05, 0) is 48.7 Å². The molecule has 3 rings (SSSR count). The third-order valence-corrected chi connectivity index (χ3v) is 5.47. The van der Waals surface area contributed by atoms with E-state index in [0.29, 0.717) is 5.25 Å². The van der Waals surface area contributed by atoms with E-state index in [-0.39, 0.29) is 0 Å². The first-order valence-electron chi connectivity index (χ1n) is 7.81. The number of thioether (sulfide) groups is 1. The highest BCUT2D eigenvalue weighted by atomic mass is 35.5. The Kier molecular flexibility index (Phi) is 6.24. The number of halogens is 2. The highest BCUT2D eigenvalue weighted by molar-refractivity contribution is 8.00. The molecule has 1 aromatic heterocycles. The van der Waals surface area contributed by atoms with Crippen molar-refractivity contribution in [2.75, 3.05) is 0 Å². The molecule has 0 spiro atoms. The Morgan fingerprint density at radius 1 is 1.04 bits per heavy atom. The maximum absolute atomic E-state index is 6.12. The molecule has 0 saturated carbocycles. The van der Waals surface area contributed by atoms with E-state index in [9.17, 15) is 0 Å². The zero-order chi connectivity index (χ0) is 16.8. The average molecular weight is 377 g/mol. The van der Waals surface area contributed by atoms with Crippen LogP contribution in [0.2, 0.25) is 10.0 Å². The molecule has 124 valence electrons. The van der Waals surface area contributed by atoms with Crippen LogP contribution in [-0.4, -0.2) is 14.8 Å². The zero-order valence-corrected chi connectivity index (χ0v) is 15.4. The van der Waals surface area contributed by atoms with Gasteiger partial charge in [0.1, 0.15) is 0 Å². The van der Waals surface area contributed by atoms with Gasteiger partial charge < -0.3 is 4.57 Å². The normalized spacial score (nSPS) is 12.2. The maximum atomic E-state index is 6.12. The van der Waals surface area contributed by atoms with Crippen molar-refractivity contribution < 1.29 is 0 Å². The molecule has 0 amide bonds. The minimum atomic E-state index is 0.438. The van der Waals surface area contributed by atoms with E-state index in [1.165, 1.54) is 10.5 Å². The first kappa shape index (κ1) is 17.4. The summed E-state index contributed by atoms with van der Waals surface area (Å²) in [5.74, 6) is 0. The van der Waals surface area contributed by atoms with Crippen LogP contribution in [0.15, 0.2) is 72.1 Å². The molecule has 0 aliphatic carbocycles. The Balaban J connectivity index is 1.68. The number of nitrogens with zero attached hydrogens (tertiary/aromatic N) is 2. The van der Waals surface area contributed by atoms with Crippen LogP contribution in [0.25, 0.3) is 0 Å². The Morgan fingerprint density at radius 3 is 2.58 bits per heavy atom. The van der Waals surface area contributed by atoms with Crippen molar-refractivity contribution in [2.24, 2.45) is 0 Å². The number of hydrogen-bond donors (Lipinski definition) is 0. The van der Waals surface area contributed by atoms with Crippen LogP contribution in [0, 0.1) is 0 Å². The first-order valence-corrected chi connectivity index (χ1v) is 9.45. The van der Waals surface area contributed by atoms with E-state index in [2.05, 4.69) is 27.8 Å². The topological polar surface area (TPSA) is 17.8 Å². The number of imidazole rings is 1. The van der Waals surface area contributed by atoms with E-state index < -0.39 is 0 Å². The molecule has 1 atom stereocenters. The molecule has 0 N–H and O–H groups in total. The fourth-order valence-corrected chi connectivity index (χ4v) is 4.13. The molecule has 2 aromatic carbocycles. The van der Waals surface area contributed by atoms with Crippen molar-refractivity contribution in [3.8, 4) is 0 Å². The smallest absolute Gasteiger partial charge is 0.0946 e.